The number of phenolic OH excluding ortho intramolecular Hbond substituents is 1. The van der Waals surface area contributed by atoms with E-state index in [9.17, 15) is 34.8 Å². The molecule has 192 valence electrons. The Morgan fingerprint density at radius 1 is 1.05 bits per heavy atom. The molecule has 3 aliphatic rings. The number of fused-ring (bicyclic) bond motifs is 3. The summed E-state index contributed by atoms with van der Waals surface area (Å²) in [4.78, 5) is 39.9. The monoisotopic (exact) mass is 504 g/mol. The molecule has 9 heteroatoms. The van der Waals surface area contributed by atoms with E-state index in [2.05, 4.69) is 4.90 Å². The first kappa shape index (κ1) is 24.7. The van der Waals surface area contributed by atoms with Gasteiger partial charge in [-0.15, -0.1) is 0 Å². The molecule has 0 aliphatic heterocycles. The third-order valence-electron chi connectivity index (χ3n) is 7.71. The van der Waals surface area contributed by atoms with Gasteiger partial charge in [-0.1, -0.05) is 30.3 Å². The summed E-state index contributed by atoms with van der Waals surface area (Å²) in [7, 11) is 3.96. The van der Waals surface area contributed by atoms with Crippen molar-refractivity contribution in [3.05, 3.63) is 70.0 Å². The van der Waals surface area contributed by atoms with Crippen LogP contribution in [0.3, 0.4) is 0 Å². The van der Waals surface area contributed by atoms with Crippen molar-refractivity contribution >= 4 is 23.2 Å². The first-order valence-electron chi connectivity index (χ1n) is 12.0. The third-order valence-corrected chi connectivity index (χ3v) is 7.71. The normalized spacial score (nSPS) is 25.2. The van der Waals surface area contributed by atoms with Crippen LogP contribution in [0.25, 0.3) is 16.9 Å². The Hall–Kier alpha value is -3.95. The van der Waals surface area contributed by atoms with E-state index in [1.54, 1.807) is 6.07 Å². The molecule has 9 nitrogen and oxygen atoms in total. The number of carbonyl (C=O) groups excluding carboxylic acids is 3. The predicted molar refractivity (Wildman–Crippen MR) is 134 cm³/mol. The van der Waals surface area contributed by atoms with Crippen LogP contribution < -0.4 is 5.73 Å². The molecular weight excluding hydrogens is 476 g/mol. The van der Waals surface area contributed by atoms with Crippen molar-refractivity contribution in [2.75, 3.05) is 14.1 Å². The Morgan fingerprint density at radius 3 is 2.35 bits per heavy atom. The first-order chi connectivity index (χ1) is 17.4. The number of ketones is 2. The Bertz CT molecular complexity index is 1420. The number of Topliss-reactive ketones (excluding diaryl/α,β-unsaturated/α-hetero) is 2. The highest BCUT2D eigenvalue weighted by Gasteiger charge is 2.60. The van der Waals surface area contributed by atoms with E-state index < -0.39 is 52.0 Å². The van der Waals surface area contributed by atoms with Gasteiger partial charge in [0.1, 0.15) is 22.8 Å². The molecule has 3 aliphatic carbocycles. The molecule has 0 bridgehead atoms. The highest BCUT2D eigenvalue weighted by Crippen LogP contribution is 2.53. The first-order valence-corrected chi connectivity index (χ1v) is 12.0. The second-order valence-electron chi connectivity index (χ2n) is 10.3. The van der Waals surface area contributed by atoms with Crippen molar-refractivity contribution in [1.29, 1.82) is 0 Å². The smallest absolute Gasteiger partial charge is 0.255 e. The molecule has 0 saturated heterocycles. The largest absolute Gasteiger partial charge is 0.508 e. The van der Waals surface area contributed by atoms with Crippen LogP contribution in [0, 0.1) is 11.8 Å². The van der Waals surface area contributed by atoms with Gasteiger partial charge in [-0.25, -0.2) is 0 Å². The number of aromatic hydroxyl groups is 1. The molecule has 1 saturated carbocycles. The van der Waals surface area contributed by atoms with Gasteiger partial charge in [-0.2, -0.15) is 0 Å². The van der Waals surface area contributed by atoms with Gasteiger partial charge in [-0.05, 0) is 61.2 Å². The van der Waals surface area contributed by atoms with Crippen LogP contribution in [0.4, 0.5) is 0 Å². The average Bonchev–Trinajstić information content (AvgIpc) is 2.81. The van der Waals surface area contributed by atoms with Gasteiger partial charge >= 0.3 is 0 Å². The topological polar surface area (TPSA) is 161 Å². The number of hydrogen-bond acceptors (Lipinski definition) is 8. The molecule has 2 aromatic carbocycles. The zero-order valence-corrected chi connectivity index (χ0v) is 20.5. The zero-order chi connectivity index (χ0) is 26.8. The van der Waals surface area contributed by atoms with Crippen LogP contribution >= 0.6 is 0 Å². The summed E-state index contributed by atoms with van der Waals surface area (Å²) in [5.74, 6) is -6.35. The molecular formula is C28H28N2O7. The molecule has 5 rings (SSSR count). The lowest BCUT2D eigenvalue weighted by atomic mass is 9.59. The Labute approximate surface area is 213 Å². The summed E-state index contributed by atoms with van der Waals surface area (Å²) in [6.07, 6.45) is 0.0135. The Kier molecular flexibility index (Phi) is 5.73. The number of phenols is 1. The lowest BCUT2D eigenvalue weighted by Crippen LogP contribution is -2.58. The summed E-state index contributed by atoms with van der Waals surface area (Å²) < 4.78 is 0. The number of aliphatic hydroxyl groups is 3. The number of nitrogens with zero attached hydrogens (tertiary/aromatic N) is 1. The van der Waals surface area contributed by atoms with E-state index in [4.69, 9.17) is 5.73 Å². The minimum atomic E-state index is -2.56. The number of nitrogens with two attached hydrogens (primary N) is 1. The fraction of sp³-hybridized carbons (Fsp3) is 0.321. The van der Waals surface area contributed by atoms with Gasteiger partial charge in [0.25, 0.3) is 5.91 Å². The number of rotatable bonds is 4. The minimum Gasteiger partial charge on any atom is -0.508 e. The van der Waals surface area contributed by atoms with E-state index in [1.807, 2.05) is 38.4 Å². The summed E-state index contributed by atoms with van der Waals surface area (Å²) in [5.41, 5.74) is 5.21. The van der Waals surface area contributed by atoms with E-state index in [-0.39, 0.29) is 36.1 Å². The van der Waals surface area contributed by atoms with Crippen LogP contribution in [-0.2, 0) is 27.3 Å². The third kappa shape index (κ3) is 3.65. The van der Waals surface area contributed by atoms with Crippen LogP contribution in [-0.4, -0.2) is 62.5 Å². The van der Waals surface area contributed by atoms with Gasteiger partial charge in [0.2, 0.25) is 5.78 Å². The summed E-state index contributed by atoms with van der Waals surface area (Å²) in [5, 5.41) is 43.9. The molecule has 2 aromatic rings. The van der Waals surface area contributed by atoms with Crippen LogP contribution in [0.2, 0.25) is 0 Å². The lowest BCUT2D eigenvalue weighted by molar-refractivity contribution is -0.147. The van der Waals surface area contributed by atoms with Crippen LogP contribution in [0.1, 0.15) is 29.5 Å². The molecule has 0 unspecified atom stereocenters. The highest BCUT2D eigenvalue weighted by molar-refractivity contribution is 6.22. The maximum atomic E-state index is 13.6. The lowest BCUT2D eigenvalue weighted by Gasteiger charge is -2.46. The number of aliphatic hydroxyl groups excluding tert-OH is 2. The molecule has 6 N–H and O–H groups in total. The number of benzene rings is 2. The van der Waals surface area contributed by atoms with Gasteiger partial charge in [0.15, 0.2) is 11.4 Å². The molecule has 1 amide bonds. The maximum Gasteiger partial charge on any atom is 0.255 e. The Morgan fingerprint density at radius 2 is 1.73 bits per heavy atom. The van der Waals surface area contributed by atoms with E-state index in [1.165, 1.54) is 6.07 Å². The van der Waals surface area contributed by atoms with Gasteiger partial charge in [0.05, 0.1) is 5.56 Å². The summed E-state index contributed by atoms with van der Waals surface area (Å²) >= 11 is 0. The molecule has 1 fully saturated rings. The number of hydrogen-bond donors (Lipinski definition) is 5. The summed E-state index contributed by atoms with van der Waals surface area (Å²) in [6, 6.07) is 11.1. The second kappa shape index (κ2) is 8.57. The van der Waals surface area contributed by atoms with Crippen molar-refractivity contribution in [2.24, 2.45) is 17.6 Å². The zero-order valence-electron chi connectivity index (χ0n) is 20.5. The van der Waals surface area contributed by atoms with E-state index in [0.717, 1.165) is 23.2 Å². The van der Waals surface area contributed by atoms with Crippen molar-refractivity contribution in [3.63, 3.8) is 0 Å². The molecule has 37 heavy (non-hydrogen) atoms. The molecule has 3 atom stereocenters. The number of amides is 1. The van der Waals surface area contributed by atoms with Crippen LogP contribution in [0.5, 0.6) is 5.75 Å². The van der Waals surface area contributed by atoms with Crippen molar-refractivity contribution in [2.45, 2.75) is 31.4 Å². The molecule has 0 aromatic heterocycles. The van der Waals surface area contributed by atoms with Gasteiger partial charge < -0.3 is 31.1 Å². The Balaban J connectivity index is 1.64. The predicted octanol–water partition coefficient (Wildman–Crippen LogP) is 2.15. The highest BCUT2D eigenvalue weighted by atomic mass is 16.3. The number of carbonyl (C=O) groups is 3. The molecule has 0 radical (unpaired) electrons. The molecule has 0 heterocycles. The minimum absolute atomic E-state index is 0.0852. The van der Waals surface area contributed by atoms with Gasteiger partial charge in [0, 0.05) is 24.5 Å². The quantitative estimate of drug-likeness (QED) is 0.396. The second-order valence-corrected chi connectivity index (χ2v) is 10.3. The maximum absolute atomic E-state index is 13.6. The molecule has 0 spiro atoms. The standard InChI is InChI=1S/C28H28N2O7/c1-30(2)12-13-3-5-14(6-4-13)17-7-8-19(31)22-18(17)10-15-9-16-11-20(32)23(27(29)36)26(35)28(16,37)25(34)21(15)24(22)33/h3-8,15-16,31,33,35,37H,9-12H2,1-2H3,(H2,29,36)/t15-,16+,28+/m1/s1. The SMILES string of the molecule is CN(C)Cc1ccc(-c2ccc(O)c3c2C[C@H]2C[C@H]4CC(=O)C(C(N)=O)=C(O)[C@@]4(O)C(=O)C2=C3O)cc1. The van der Waals surface area contributed by atoms with Crippen molar-refractivity contribution in [3.8, 4) is 16.9 Å². The fourth-order valence-corrected chi connectivity index (χ4v) is 6.05. The summed E-state index contributed by atoms with van der Waals surface area (Å²) in [6.45, 7) is 0.771. The van der Waals surface area contributed by atoms with Crippen LogP contribution in [0.15, 0.2) is 53.3 Å². The number of primary amides is 1. The average molecular weight is 505 g/mol. The van der Waals surface area contributed by atoms with Crippen molar-refractivity contribution in [1.82, 2.24) is 4.90 Å². The van der Waals surface area contributed by atoms with E-state index >= 15 is 0 Å². The van der Waals surface area contributed by atoms with Crippen molar-refractivity contribution < 1.29 is 34.8 Å². The fourth-order valence-electron chi connectivity index (χ4n) is 6.05. The van der Waals surface area contributed by atoms with E-state index in [0.29, 0.717) is 5.56 Å². The van der Waals surface area contributed by atoms with Gasteiger partial charge in [-0.3, -0.25) is 14.4 Å².